The van der Waals surface area contributed by atoms with E-state index in [2.05, 4.69) is 27.7 Å². The summed E-state index contributed by atoms with van der Waals surface area (Å²) in [6, 6.07) is 0. The minimum Gasteiger partial charge on any atom is -0.462 e. The van der Waals surface area contributed by atoms with Crippen molar-refractivity contribution in [2.45, 2.75) is 336 Å². The number of carbonyl (C=O) groups excluding carboxylic acids is 3. The predicted molar refractivity (Wildman–Crippen MR) is 275 cm³/mol. The third-order valence-corrected chi connectivity index (χ3v) is 13.3. The number of unbranched alkanes of at least 4 members (excludes halogenated alkanes) is 40. The second kappa shape index (κ2) is 52.4. The van der Waals surface area contributed by atoms with E-state index in [1.54, 1.807) is 0 Å². The van der Waals surface area contributed by atoms with Gasteiger partial charge in [0.1, 0.15) is 13.2 Å². The fraction of sp³-hybridized carbons (Fsp3) is 0.948. The van der Waals surface area contributed by atoms with Crippen LogP contribution in [-0.2, 0) is 28.6 Å². The van der Waals surface area contributed by atoms with E-state index in [1.165, 1.54) is 225 Å². The SMILES string of the molecule is CCCCCCCCCCCCCCCCCC(=O)O[C@H](COC(=O)CCCCCCCCCCCC)COC(=O)CCCCCCCCCCCCCCCCCCCCC(C)C. The minimum atomic E-state index is -0.761. The number of carbonyl (C=O) groups is 3. The zero-order chi connectivity index (χ0) is 46.7. The van der Waals surface area contributed by atoms with Crippen molar-refractivity contribution < 1.29 is 28.6 Å². The summed E-state index contributed by atoms with van der Waals surface area (Å²) in [4.78, 5) is 38.0. The molecule has 0 amide bonds. The molecule has 0 radical (unpaired) electrons. The molecule has 64 heavy (non-hydrogen) atoms. The molecule has 0 N–H and O–H groups in total. The first-order valence-electron chi connectivity index (χ1n) is 28.9. The smallest absolute Gasteiger partial charge is 0.306 e. The second-order valence-electron chi connectivity index (χ2n) is 20.4. The van der Waals surface area contributed by atoms with Gasteiger partial charge in [0.25, 0.3) is 0 Å². The van der Waals surface area contributed by atoms with E-state index in [9.17, 15) is 14.4 Å². The summed E-state index contributed by atoms with van der Waals surface area (Å²) >= 11 is 0. The molecule has 0 aliphatic carbocycles. The molecule has 0 saturated heterocycles. The fourth-order valence-corrected chi connectivity index (χ4v) is 8.92. The van der Waals surface area contributed by atoms with Gasteiger partial charge in [-0.15, -0.1) is 0 Å². The lowest BCUT2D eigenvalue weighted by Crippen LogP contribution is -2.30. The van der Waals surface area contributed by atoms with Crippen LogP contribution in [0.25, 0.3) is 0 Å². The molecule has 0 heterocycles. The van der Waals surface area contributed by atoms with Gasteiger partial charge in [-0.3, -0.25) is 14.4 Å². The molecule has 6 nitrogen and oxygen atoms in total. The Labute approximate surface area is 399 Å². The van der Waals surface area contributed by atoms with Crippen molar-refractivity contribution in [3.8, 4) is 0 Å². The molecule has 0 saturated carbocycles. The molecule has 1 atom stereocenters. The van der Waals surface area contributed by atoms with Crippen molar-refractivity contribution >= 4 is 17.9 Å². The molecule has 380 valence electrons. The Morgan fingerprint density at radius 3 is 0.766 bits per heavy atom. The Bertz CT molecular complexity index is 964. The van der Waals surface area contributed by atoms with E-state index in [4.69, 9.17) is 14.2 Å². The number of hydrogen-bond donors (Lipinski definition) is 0. The maximum Gasteiger partial charge on any atom is 0.306 e. The highest BCUT2D eigenvalue weighted by atomic mass is 16.6. The molecule has 0 aliphatic rings. The van der Waals surface area contributed by atoms with E-state index in [1.807, 2.05) is 0 Å². The molecule has 0 aliphatic heterocycles. The lowest BCUT2D eigenvalue weighted by Gasteiger charge is -2.18. The average molecular weight is 906 g/mol. The third-order valence-electron chi connectivity index (χ3n) is 13.3. The standard InChI is InChI=1S/C58H112O6/c1-5-7-9-11-13-15-17-18-23-28-31-35-39-43-47-51-58(61)64-55(52-62-56(59)49-45-41-37-33-16-14-12-10-8-6-2)53-63-57(60)50-46-42-38-34-30-27-25-22-20-19-21-24-26-29-32-36-40-44-48-54(3)4/h54-55H,5-53H2,1-4H3/t55-/m1/s1. The van der Waals surface area contributed by atoms with Crippen LogP contribution in [-0.4, -0.2) is 37.2 Å². The summed E-state index contributed by atoms with van der Waals surface area (Å²) in [5.74, 6) is 0.0216. The Kier molecular flexibility index (Phi) is 51.1. The first kappa shape index (κ1) is 62.4. The lowest BCUT2D eigenvalue weighted by molar-refractivity contribution is -0.167. The van der Waals surface area contributed by atoms with Crippen LogP contribution in [0.5, 0.6) is 0 Å². The quantitative estimate of drug-likeness (QED) is 0.0344. The van der Waals surface area contributed by atoms with Crippen LogP contribution in [0.3, 0.4) is 0 Å². The van der Waals surface area contributed by atoms with Crippen molar-refractivity contribution in [1.82, 2.24) is 0 Å². The van der Waals surface area contributed by atoms with Crippen LogP contribution in [0.2, 0.25) is 0 Å². The van der Waals surface area contributed by atoms with Gasteiger partial charge in [0, 0.05) is 19.3 Å². The number of hydrogen-bond acceptors (Lipinski definition) is 6. The number of esters is 3. The highest BCUT2D eigenvalue weighted by Gasteiger charge is 2.19. The van der Waals surface area contributed by atoms with E-state index in [0.29, 0.717) is 19.3 Å². The maximum atomic E-state index is 12.8. The molecular weight excluding hydrogens is 793 g/mol. The summed E-state index contributed by atoms with van der Waals surface area (Å²) in [6.45, 7) is 9.06. The molecule has 0 fully saturated rings. The second-order valence-corrected chi connectivity index (χ2v) is 20.4. The molecule has 0 aromatic carbocycles. The summed E-state index contributed by atoms with van der Waals surface area (Å²) in [5.41, 5.74) is 0. The fourth-order valence-electron chi connectivity index (χ4n) is 8.92. The van der Waals surface area contributed by atoms with E-state index < -0.39 is 6.10 Å². The molecule has 0 aromatic heterocycles. The highest BCUT2D eigenvalue weighted by Crippen LogP contribution is 2.18. The van der Waals surface area contributed by atoms with Crippen molar-refractivity contribution in [3.05, 3.63) is 0 Å². The minimum absolute atomic E-state index is 0.0619. The highest BCUT2D eigenvalue weighted by molar-refractivity contribution is 5.71. The van der Waals surface area contributed by atoms with Crippen molar-refractivity contribution in [2.75, 3.05) is 13.2 Å². The van der Waals surface area contributed by atoms with Crippen molar-refractivity contribution in [3.63, 3.8) is 0 Å². The van der Waals surface area contributed by atoms with Crippen LogP contribution in [0.1, 0.15) is 329 Å². The third kappa shape index (κ3) is 51.4. The molecule has 6 heteroatoms. The van der Waals surface area contributed by atoms with Crippen LogP contribution in [0.15, 0.2) is 0 Å². The van der Waals surface area contributed by atoms with Crippen LogP contribution in [0, 0.1) is 5.92 Å². The molecular formula is C58H112O6. The molecule has 0 rings (SSSR count). The molecule has 0 bridgehead atoms. The average Bonchev–Trinajstić information content (AvgIpc) is 3.28. The van der Waals surface area contributed by atoms with Gasteiger partial charge >= 0.3 is 17.9 Å². The lowest BCUT2D eigenvalue weighted by atomic mass is 10.0. The van der Waals surface area contributed by atoms with Crippen LogP contribution < -0.4 is 0 Å². The summed E-state index contributed by atoms with van der Waals surface area (Å²) in [6.07, 6.45) is 56.7. The van der Waals surface area contributed by atoms with E-state index in [-0.39, 0.29) is 31.1 Å². The maximum absolute atomic E-state index is 12.8. The van der Waals surface area contributed by atoms with Gasteiger partial charge in [0.2, 0.25) is 0 Å². The van der Waals surface area contributed by atoms with Crippen molar-refractivity contribution in [2.24, 2.45) is 5.92 Å². The summed E-state index contributed by atoms with van der Waals surface area (Å²) in [5, 5.41) is 0. The van der Waals surface area contributed by atoms with Gasteiger partial charge in [-0.2, -0.15) is 0 Å². The Morgan fingerprint density at radius 2 is 0.516 bits per heavy atom. The number of ether oxygens (including phenoxy) is 3. The van der Waals surface area contributed by atoms with Gasteiger partial charge in [-0.25, -0.2) is 0 Å². The van der Waals surface area contributed by atoms with Gasteiger partial charge < -0.3 is 14.2 Å². The van der Waals surface area contributed by atoms with Gasteiger partial charge in [-0.05, 0) is 25.2 Å². The first-order valence-corrected chi connectivity index (χ1v) is 28.9. The van der Waals surface area contributed by atoms with Crippen LogP contribution >= 0.6 is 0 Å². The molecule has 0 aromatic rings. The summed E-state index contributed by atoms with van der Waals surface area (Å²) in [7, 11) is 0. The van der Waals surface area contributed by atoms with Gasteiger partial charge in [0.15, 0.2) is 6.10 Å². The zero-order valence-electron chi connectivity index (χ0n) is 43.8. The van der Waals surface area contributed by atoms with E-state index in [0.717, 1.165) is 63.7 Å². The molecule has 0 spiro atoms. The Morgan fingerprint density at radius 1 is 0.297 bits per heavy atom. The summed E-state index contributed by atoms with van der Waals surface area (Å²) < 4.78 is 16.9. The largest absolute Gasteiger partial charge is 0.462 e. The topological polar surface area (TPSA) is 78.9 Å². The monoisotopic (exact) mass is 905 g/mol. The van der Waals surface area contributed by atoms with Gasteiger partial charge in [-0.1, -0.05) is 291 Å². The molecule has 0 unspecified atom stereocenters. The Hall–Kier alpha value is -1.59. The normalized spacial score (nSPS) is 12.0. The van der Waals surface area contributed by atoms with Gasteiger partial charge in [0.05, 0.1) is 0 Å². The van der Waals surface area contributed by atoms with Crippen LogP contribution in [0.4, 0.5) is 0 Å². The predicted octanol–water partition coefficient (Wildman–Crippen LogP) is 19.0. The number of rotatable bonds is 53. The van der Waals surface area contributed by atoms with Crippen molar-refractivity contribution in [1.29, 1.82) is 0 Å². The van der Waals surface area contributed by atoms with E-state index >= 15 is 0 Å². The Balaban J connectivity index is 4.20. The first-order chi connectivity index (χ1) is 31.4. The zero-order valence-corrected chi connectivity index (χ0v) is 43.8.